The summed E-state index contributed by atoms with van der Waals surface area (Å²) in [5.41, 5.74) is 0.732. The number of hydrogen-bond acceptors (Lipinski definition) is 3. The molecule has 0 spiro atoms. The van der Waals surface area contributed by atoms with Crippen LogP contribution in [0.1, 0.15) is 121 Å². The van der Waals surface area contributed by atoms with Crippen molar-refractivity contribution in [3.8, 4) is 0 Å². The maximum atomic E-state index is 15.2. The van der Waals surface area contributed by atoms with E-state index in [1.165, 1.54) is 57.4 Å². The SMILES string of the molecule is CCCCCC1CCC(C2COC(C3CCC(C(F)(F)OC4CCC(c5ccc(F)c(F)c5)CC4)CC3)OC2)CC1. The van der Waals surface area contributed by atoms with Crippen molar-refractivity contribution in [2.75, 3.05) is 13.2 Å². The van der Waals surface area contributed by atoms with Crippen LogP contribution in [0.5, 0.6) is 0 Å². The molecule has 4 fully saturated rings. The molecule has 41 heavy (non-hydrogen) atoms. The molecular formula is C34H50F4O3. The van der Waals surface area contributed by atoms with Crippen LogP contribution in [-0.4, -0.2) is 31.7 Å². The number of alkyl halides is 2. The molecule has 7 heteroatoms. The summed E-state index contributed by atoms with van der Waals surface area (Å²) in [6.07, 6.45) is 11.2. The van der Waals surface area contributed by atoms with Crippen LogP contribution in [-0.2, 0) is 14.2 Å². The highest BCUT2D eigenvalue weighted by atomic mass is 19.3. The number of hydrogen-bond donors (Lipinski definition) is 0. The zero-order chi connectivity index (χ0) is 28.8. The van der Waals surface area contributed by atoms with Gasteiger partial charge in [-0.2, -0.15) is 8.78 Å². The second kappa shape index (κ2) is 14.5. The zero-order valence-electron chi connectivity index (χ0n) is 24.8. The second-order valence-corrected chi connectivity index (χ2v) is 13.5. The Labute approximate surface area is 244 Å². The van der Waals surface area contributed by atoms with Gasteiger partial charge in [-0.25, -0.2) is 8.78 Å². The number of unbranched alkanes of at least 4 members (excludes halogenated alkanes) is 2. The lowest BCUT2D eigenvalue weighted by molar-refractivity contribution is -0.305. The third kappa shape index (κ3) is 8.26. The monoisotopic (exact) mass is 582 g/mol. The Morgan fingerprint density at radius 2 is 1.41 bits per heavy atom. The second-order valence-electron chi connectivity index (χ2n) is 13.5. The van der Waals surface area contributed by atoms with Crippen LogP contribution in [0.4, 0.5) is 17.6 Å². The third-order valence-corrected chi connectivity index (χ3v) is 10.8. The molecule has 1 aromatic rings. The first kappa shape index (κ1) is 31.3. The van der Waals surface area contributed by atoms with Gasteiger partial charge in [0.05, 0.1) is 25.2 Å². The van der Waals surface area contributed by atoms with Crippen LogP contribution in [0.3, 0.4) is 0 Å². The average Bonchev–Trinajstić information content (AvgIpc) is 2.99. The van der Waals surface area contributed by atoms with E-state index in [1.54, 1.807) is 6.07 Å². The number of halogens is 4. The molecule has 1 aliphatic heterocycles. The predicted molar refractivity (Wildman–Crippen MR) is 152 cm³/mol. The summed E-state index contributed by atoms with van der Waals surface area (Å²) in [5, 5.41) is 0. The van der Waals surface area contributed by atoms with E-state index >= 15 is 8.78 Å². The third-order valence-electron chi connectivity index (χ3n) is 10.8. The Bertz CT molecular complexity index is 926. The topological polar surface area (TPSA) is 27.7 Å². The van der Waals surface area contributed by atoms with Gasteiger partial charge in [-0.1, -0.05) is 51.5 Å². The Balaban J connectivity index is 0.993. The molecule has 0 bridgehead atoms. The van der Waals surface area contributed by atoms with Crippen LogP contribution in [0.15, 0.2) is 18.2 Å². The summed E-state index contributed by atoms with van der Waals surface area (Å²) >= 11 is 0. The minimum atomic E-state index is -3.15. The van der Waals surface area contributed by atoms with Crippen LogP contribution >= 0.6 is 0 Å². The number of ether oxygens (including phenoxy) is 3. The zero-order valence-corrected chi connectivity index (χ0v) is 24.8. The van der Waals surface area contributed by atoms with Gasteiger partial charge in [0.2, 0.25) is 0 Å². The minimum absolute atomic E-state index is 0.0506. The molecule has 0 aromatic heterocycles. The summed E-state index contributed by atoms with van der Waals surface area (Å²) < 4.78 is 75.1. The first-order valence-electron chi connectivity index (χ1n) is 16.6. The molecule has 3 nitrogen and oxygen atoms in total. The van der Waals surface area contributed by atoms with Crippen molar-refractivity contribution in [3.05, 3.63) is 35.4 Å². The van der Waals surface area contributed by atoms with Crippen LogP contribution < -0.4 is 0 Å². The molecule has 4 aliphatic rings. The minimum Gasteiger partial charge on any atom is -0.352 e. The van der Waals surface area contributed by atoms with E-state index in [9.17, 15) is 8.78 Å². The largest absolute Gasteiger partial charge is 0.358 e. The fourth-order valence-electron chi connectivity index (χ4n) is 8.03. The van der Waals surface area contributed by atoms with Gasteiger partial charge in [0.15, 0.2) is 17.9 Å². The van der Waals surface area contributed by atoms with E-state index in [-0.39, 0.29) is 18.1 Å². The first-order valence-corrected chi connectivity index (χ1v) is 16.6. The van der Waals surface area contributed by atoms with E-state index in [0.717, 1.165) is 30.8 Å². The molecule has 5 rings (SSSR count). The normalized spacial score (nSPS) is 35.3. The Kier molecular flexibility index (Phi) is 11.1. The molecule has 3 saturated carbocycles. The van der Waals surface area contributed by atoms with E-state index in [2.05, 4.69) is 6.92 Å². The molecule has 0 radical (unpaired) electrons. The van der Waals surface area contributed by atoms with Crippen molar-refractivity contribution < 1.29 is 31.8 Å². The van der Waals surface area contributed by atoms with E-state index in [4.69, 9.17) is 14.2 Å². The van der Waals surface area contributed by atoms with Crippen molar-refractivity contribution in [2.45, 2.75) is 134 Å². The van der Waals surface area contributed by atoms with E-state index in [0.29, 0.717) is 63.2 Å². The molecular weight excluding hydrogens is 532 g/mol. The lowest BCUT2D eigenvalue weighted by Gasteiger charge is -2.42. The van der Waals surface area contributed by atoms with Crippen LogP contribution in [0.25, 0.3) is 0 Å². The van der Waals surface area contributed by atoms with Gasteiger partial charge in [-0.3, -0.25) is 0 Å². The fraction of sp³-hybridized carbons (Fsp3) is 0.824. The van der Waals surface area contributed by atoms with Gasteiger partial charge in [0.1, 0.15) is 0 Å². The summed E-state index contributed by atoms with van der Waals surface area (Å²) in [4.78, 5) is 0. The van der Waals surface area contributed by atoms with Gasteiger partial charge in [-0.15, -0.1) is 0 Å². The Hall–Kier alpha value is -1.18. The molecule has 1 saturated heterocycles. The fourth-order valence-corrected chi connectivity index (χ4v) is 8.03. The molecule has 1 heterocycles. The van der Waals surface area contributed by atoms with Gasteiger partial charge in [0.25, 0.3) is 0 Å². The van der Waals surface area contributed by atoms with Gasteiger partial charge in [-0.05, 0) is 99.7 Å². The average molecular weight is 583 g/mol. The summed E-state index contributed by atoms with van der Waals surface area (Å²) in [6.45, 7) is 3.74. The van der Waals surface area contributed by atoms with Crippen molar-refractivity contribution in [1.29, 1.82) is 0 Å². The van der Waals surface area contributed by atoms with Gasteiger partial charge >= 0.3 is 6.11 Å². The Morgan fingerprint density at radius 3 is 2.05 bits per heavy atom. The lowest BCUT2D eigenvalue weighted by Crippen LogP contribution is -2.43. The quantitative estimate of drug-likeness (QED) is 0.203. The number of rotatable bonds is 10. The molecule has 232 valence electrons. The summed E-state index contributed by atoms with van der Waals surface area (Å²) in [6, 6.07) is 3.96. The van der Waals surface area contributed by atoms with Crippen LogP contribution in [0, 0.1) is 41.2 Å². The maximum Gasteiger partial charge on any atom is 0.358 e. The van der Waals surface area contributed by atoms with E-state index in [1.807, 2.05) is 0 Å². The summed E-state index contributed by atoms with van der Waals surface area (Å²) in [7, 11) is 0. The highest BCUT2D eigenvalue weighted by Crippen LogP contribution is 2.45. The smallest absolute Gasteiger partial charge is 0.352 e. The maximum absolute atomic E-state index is 15.2. The molecule has 0 unspecified atom stereocenters. The highest BCUT2D eigenvalue weighted by molar-refractivity contribution is 5.22. The lowest BCUT2D eigenvalue weighted by atomic mass is 9.74. The molecule has 3 aliphatic carbocycles. The Morgan fingerprint density at radius 1 is 0.756 bits per heavy atom. The first-order chi connectivity index (χ1) is 19.8. The number of benzene rings is 1. The standard InChI is InChI=1S/C34H50F4O3/c1-2-3-4-5-23-6-8-25(9-7-23)28-21-39-33(40-22-28)26-10-15-29(16-11-26)34(37,38)41-30-17-12-24(13-18-30)27-14-19-31(35)32(36)20-27/h14,19-20,23-26,28-30,33H,2-13,15-18,21-22H2,1H3. The van der Waals surface area contributed by atoms with E-state index < -0.39 is 29.8 Å². The molecule has 0 N–H and O–H groups in total. The van der Waals surface area contributed by atoms with Crippen LogP contribution in [0.2, 0.25) is 0 Å². The van der Waals surface area contributed by atoms with Crippen molar-refractivity contribution in [2.24, 2.45) is 29.6 Å². The van der Waals surface area contributed by atoms with Gasteiger partial charge < -0.3 is 14.2 Å². The highest BCUT2D eigenvalue weighted by Gasteiger charge is 2.46. The summed E-state index contributed by atoms with van der Waals surface area (Å²) in [5.74, 6) is -0.231. The molecule has 0 atom stereocenters. The molecule has 1 aromatic carbocycles. The van der Waals surface area contributed by atoms with Crippen molar-refractivity contribution >= 4 is 0 Å². The molecule has 0 amide bonds. The predicted octanol–water partition coefficient (Wildman–Crippen LogP) is 9.78. The van der Waals surface area contributed by atoms with Crippen molar-refractivity contribution in [3.63, 3.8) is 0 Å². The van der Waals surface area contributed by atoms with Crippen molar-refractivity contribution in [1.82, 2.24) is 0 Å². The van der Waals surface area contributed by atoms with Gasteiger partial charge in [0, 0.05) is 11.8 Å².